The third kappa shape index (κ3) is 3.36. The summed E-state index contributed by atoms with van der Waals surface area (Å²) in [4.78, 5) is 2.62. The fourth-order valence-corrected chi connectivity index (χ4v) is 3.09. The first-order chi connectivity index (χ1) is 10.2. The maximum absolute atomic E-state index is 8.72. The highest BCUT2D eigenvalue weighted by molar-refractivity contribution is 5.97. The predicted octanol–water partition coefficient (Wildman–Crippen LogP) is 1.42. The van der Waals surface area contributed by atoms with Crippen LogP contribution in [0.5, 0.6) is 0 Å². The minimum Gasteiger partial charge on any atom is -0.409 e. The molecule has 5 heteroatoms. The Morgan fingerprint density at radius 3 is 2.90 bits per heavy atom. The van der Waals surface area contributed by atoms with Gasteiger partial charge in [0.25, 0.3) is 0 Å². The van der Waals surface area contributed by atoms with E-state index in [2.05, 4.69) is 28.4 Å². The van der Waals surface area contributed by atoms with Gasteiger partial charge in [-0.25, -0.2) is 0 Å². The van der Waals surface area contributed by atoms with Crippen molar-refractivity contribution in [3.8, 4) is 0 Å². The third-order valence-corrected chi connectivity index (χ3v) is 4.61. The summed E-state index contributed by atoms with van der Waals surface area (Å²) in [7, 11) is 0. The van der Waals surface area contributed by atoms with Crippen LogP contribution < -0.4 is 11.1 Å². The molecule has 3 rings (SSSR count). The van der Waals surface area contributed by atoms with E-state index in [1.54, 1.807) is 0 Å². The number of oxime groups is 1. The molecule has 1 aliphatic carbocycles. The van der Waals surface area contributed by atoms with Crippen LogP contribution in [0.2, 0.25) is 0 Å². The molecule has 0 aromatic heterocycles. The molecule has 0 spiro atoms. The van der Waals surface area contributed by atoms with E-state index in [1.807, 2.05) is 12.1 Å². The molecule has 0 radical (unpaired) electrons. The number of benzene rings is 1. The van der Waals surface area contributed by atoms with Crippen LogP contribution in [-0.2, 0) is 6.54 Å². The average Bonchev–Trinajstić information content (AvgIpc) is 3.24. The molecular weight excluding hydrogens is 264 g/mol. The highest BCUT2D eigenvalue weighted by Crippen LogP contribution is 2.29. The van der Waals surface area contributed by atoms with Crippen LogP contribution in [0.3, 0.4) is 0 Å². The Morgan fingerprint density at radius 1 is 1.43 bits per heavy atom. The molecule has 21 heavy (non-hydrogen) atoms. The summed E-state index contributed by atoms with van der Waals surface area (Å²) >= 11 is 0. The third-order valence-electron chi connectivity index (χ3n) is 4.61. The summed E-state index contributed by atoms with van der Waals surface area (Å²) in [6, 6.07) is 7.41. The van der Waals surface area contributed by atoms with E-state index in [0.29, 0.717) is 6.04 Å². The van der Waals surface area contributed by atoms with E-state index >= 15 is 0 Å². The molecule has 1 atom stereocenters. The molecule has 0 amide bonds. The summed E-state index contributed by atoms with van der Waals surface area (Å²) in [5, 5.41) is 15.4. The van der Waals surface area contributed by atoms with Crippen LogP contribution in [0.4, 0.5) is 0 Å². The molecular formula is C16H24N4O. The number of hydrogen-bond donors (Lipinski definition) is 3. The minimum atomic E-state index is 0.161. The van der Waals surface area contributed by atoms with Gasteiger partial charge in [-0.3, -0.25) is 4.90 Å². The van der Waals surface area contributed by atoms with Gasteiger partial charge in [0.2, 0.25) is 0 Å². The number of likely N-dealkylation sites (tertiary alicyclic amines) is 1. The quantitative estimate of drug-likeness (QED) is 0.331. The summed E-state index contributed by atoms with van der Waals surface area (Å²) in [5.74, 6) is 0.161. The van der Waals surface area contributed by atoms with Crippen molar-refractivity contribution in [3.63, 3.8) is 0 Å². The van der Waals surface area contributed by atoms with Gasteiger partial charge >= 0.3 is 0 Å². The van der Waals surface area contributed by atoms with Crippen LogP contribution in [0.25, 0.3) is 0 Å². The largest absolute Gasteiger partial charge is 0.409 e. The Labute approximate surface area is 125 Å². The zero-order valence-corrected chi connectivity index (χ0v) is 12.5. The molecule has 1 aromatic carbocycles. The monoisotopic (exact) mass is 288 g/mol. The van der Waals surface area contributed by atoms with Gasteiger partial charge in [0.15, 0.2) is 5.84 Å². The van der Waals surface area contributed by atoms with E-state index in [9.17, 15) is 0 Å². The molecule has 2 aliphatic rings. The number of aryl methyl sites for hydroxylation is 1. The zero-order chi connectivity index (χ0) is 14.8. The van der Waals surface area contributed by atoms with Crippen molar-refractivity contribution in [2.24, 2.45) is 10.9 Å². The molecule has 1 unspecified atom stereocenters. The van der Waals surface area contributed by atoms with Crippen molar-refractivity contribution in [3.05, 3.63) is 34.9 Å². The SMILES string of the molecule is Cc1cc(/C(N)=N/O)ccc1CNC1CCN(C2CC2)C1. The van der Waals surface area contributed by atoms with Crippen molar-refractivity contribution in [1.82, 2.24) is 10.2 Å². The first-order valence-electron chi connectivity index (χ1n) is 7.72. The van der Waals surface area contributed by atoms with Crippen molar-refractivity contribution < 1.29 is 5.21 Å². The van der Waals surface area contributed by atoms with E-state index in [1.165, 1.54) is 43.5 Å². The lowest BCUT2D eigenvalue weighted by atomic mass is 10.0. The Bertz CT molecular complexity index is 539. The molecule has 114 valence electrons. The summed E-state index contributed by atoms with van der Waals surface area (Å²) in [6.45, 7) is 5.37. The zero-order valence-electron chi connectivity index (χ0n) is 12.5. The van der Waals surface area contributed by atoms with Crippen LogP contribution in [0.15, 0.2) is 23.4 Å². The van der Waals surface area contributed by atoms with E-state index in [-0.39, 0.29) is 5.84 Å². The van der Waals surface area contributed by atoms with E-state index < -0.39 is 0 Å². The van der Waals surface area contributed by atoms with Gasteiger partial charge in [-0.1, -0.05) is 17.3 Å². The number of nitrogens with one attached hydrogen (secondary N) is 1. The number of nitrogens with two attached hydrogens (primary N) is 1. The topological polar surface area (TPSA) is 73.9 Å². The van der Waals surface area contributed by atoms with Gasteiger partial charge in [0.05, 0.1) is 0 Å². The second-order valence-electron chi connectivity index (χ2n) is 6.22. The van der Waals surface area contributed by atoms with Gasteiger partial charge in [-0.05, 0) is 43.4 Å². The first-order valence-corrected chi connectivity index (χ1v) is 7.72. The molecule has 2 fully saturated rings. The second kappa shape index (κ2) is 6.03. The average molecular weight is 288 g/mol. The molecule has 1 saturated heterocycles. The van der Waals surface area contributed by atoms with Crippen LogP contribution in [-0.4, -0.2) is 41.1 Å². The molecule has 1 aliphatic heterocycles. The molecule has 1 aromatic rings. The number of rotatable bonds is 5. The number of amidine groups is 1. The van der Waals surface area contributed by atoms with Gasteiger partial charge in [0.1, 0.15) is 0 Å². The number of nitrogens with zero attached hydrogens (tertiary/aromatic N) is 2. The van der Waals surface area contributed by atoms with Crippen LogP contribution >= 0.6 is 0 Å². The lowest BCUT2D eigenvalue weighted by Crippen LogP contribution is -2.33. The molecule has 4 N–H and O–H groups in total. The smallest absolute Gasteiger partial charge is 0.170 e. The predicted molar refractivity (Wildman–Crippen MR) is 83.5 cm³/mol. The Morgan fingerprint density at radius 2 is 2.24 bits per heavy atom. The van der Waals surface area contributed by atoms with Crippen molar-refractivity contribution in [2.45, 2.75) is 44.8 Å². The molecule has 0 bridgehead atoms. The summed E-state index contributed by atoms with van der Waals surface area (Å²) in [6.07, 6.45) is 4.03. The van der Waals surface area contributed by atoms with Gasteiger partial charge < -0.3 is 16.3 Å². The summed E-state index contributed by atoms with van der Waals surface area (Å²) < 4.78 is 0. The van der Waals surface area contributed by atoms with Crippen molar-refractivity contribution >= 4 is 5.84 Å². The van der Waals surface area contributed by atoms with Crippen LogP contribution in [0.1, 0.15) is 36.0 Å². The van der Waals surface area contributed by atoms with E-state index in [0.717, 1.165) is 18.2 Å². The Kier molecular flexibility index (Phi) is 4.12. The maximum atomic E-state index is 8.72. The molecule has 1 saturated carbocycles. The van der Waals surface area contributed by atoms with Gasteiger partial charge in [0, 0.05) is 37.3 Å². The van der Waals surface area contributed by atoms with Gasteiger partial charge in [-0.2, -0.15) is 0 Å². The molecule has 5 nitrogen and oxygen atoms in total. The number of hydrogen-bond acceptors (Lipinski definition) is 4. The summed E-state index contributed by atoms with van der Waals surface area (Å²) in [5.41, 5.74) is 8.82. The second-order valence-corrected chi connectivity index (χ2v) is 6.22. The first kappa shape index (κ1) is 14.4. The van der Waals surface area contributed by atoms with Crippen LogP contribution in [0, 0.1) is 6.92 Å². The maximum Gasteiger partial charge on any atom is 0.170 e. The van der Waals surface area contributed by atoms with Gasteiger partial charge in [-0.15, -0.1) is 0 Å². The highest BCUT2D eigenvalue weighted by atomic mass is 16.4. The van der Waals surface area contributed by atoms with E-state index in [4.69, 9.17) is 10.9 Å². The fourth-order valence-electron chi connectivity index (χ4n) is 3.09. The standard InChI is InChI=1S/C16H24N4O/c1-11-8-12(16(17)19-21)2-3-13(11)9-18-14-6-7-20(10-14)15-4-5-15/h2-3,8,14-15,18,21H,4-7,9-10H2,1H3,(H2,17,19). The minimum absolute atomic E-state index is 0.161. The van der Waals surface area contributed by atoms with Crippen molar-refractivity contribution in [2.75, 3.05) is 13.1 Å². The normalized spacial score (nSPS) is 23.7. The van der Waals surface area contributed by atoms with Crippen molar-refractivity contribution in [1.29, 1.82) is 0 Å². The fraction of sp³-hybridized carbons (Fsp3) is 0.562. The Hall–Kier alpha value is -1.59. The lowest BCUT2D eigenvalue weighted by Gasteiger charge is -2.16. The lowest BCUT2D eigenvalue weighted by molar-refractivity contribution is 0.317. The highest BCUT2D eigenvalue weighted by Gasteiger charge is 2.34. The molecule has 1 heterocycles. The Balaban J connectivity index is 1.55.